The van der Waals surface area contributed by atoms with Gasteiger partial charge in [-0.1, -0.05) is 24.3 Å². The molecule has 0 bridgehead atoms. The van der Waals surface area contributed by atoms with Crippen molar-refractivity contribution in [3.8, 4) is 12.1 Å². The molecule has 0 aliphatic carbocycles. The lowest BCUT2D eigenvalue weighted by Crippen LogP contribution is -2.33. The molecule has 0 aliphatic rings. The third kappa shape index (κ3) is 17.7. The second-order valence-corrected chi connectivity index (χ2v) is 25.9. The fourth-order valence-corrected chi connectivity index (χ4v) is 11.1. The van der Waals surface area contributed by atoms with E-state index in [2.05, 4.69) is 51.2 Å². The molecule has 2 unspecified atom stereocenters. The van der Waals surface area contributed by atoms with E-state index in [1.807, 2.05) is 12.1 Å². The fraction of sp³-hybridized carbons (Fsp3) is 0.227. The van der Waals surface area contributed by atoms with Gasteiger partial charge >= 0.3 is 0 Å². The molecule has 0 aliphatic heterocycles. The molecule has 2 atom stereocenters. The Labute approximate surface area is 478 Å². The van der Waals surface area contributed by atoms with Crippen molar-refractivity contribution in [1.82, 2.24) is 29.9 Å². The van der Waals surface area contributed by atoms with E-state index >= 15 is 0 Å². The van der Waals surface area contributed by atoms with E-state index in [0.29, 0.717) is 36.4 Å². The quantitative estimate of drug-likeness (QED) is 0.0274. The van der Waals surface area contributed by atoms with Gasteiger partial charge in [-0.05, 0) is 85.6 Å². The van der Waals surface area contributed by atoms with Gasteiger partial charge in [0, 0.05) is 37.6 Å². The zero-order chi connectivity index (χ0) is 62.3. The highest BCUT2D eigenvalue weighted by molar-refractivity contribution is 7.87. The maximum absolute atomic E-state index is 12.9. The molecule has 34 nitrogen and oxygen atoms in total. The van der Waals surface area contributed by atoms with Crippen LogP contribution in [-0.2, 0) is 60.7 Å². The number of benzene rings is 4. The molecule has 0 fully saturated rings. The molecule has 4 aromatic carbocycles. The van der Waals surface area contributed by atoms with E-state index in [4.69, 9.17) is 0 Å². The summed E-state index contributed by atoms with van der Waals surface area (Å²) < 4.78 is 209. The topological polar surface area (TPSA) is 546 Å². The van der Waals surface area contributed by atoms with Crippen LogP contribution in [0.3, 0.4) is 0 Å². The van der Waals surface area contributed by atoms with Crippen molar-refractivity contribution < 1.29 is 88.0 Å². The Bertz CT molecular complexity index is 4080. The van der Waals surface area contributed by atoms with Gasteiger partial charge in [-0.3, -0.25) is 27.3 Å². The molecule has 12 N–H and O–H groups in total. The molecule has 0 amide bonds. The molecular formula is C44H46N14O20S6. The minimum Gasteiger partial charge on any atom is -0.392 e. The summed E-state index contributed by atoms with van der Waals surface area (Å²) in [6.45, 7) is 2.03. The monoisotopic (exact) mass is 1280 g/mol. The van der Waals surface area contributed by atoms with E-state index in [-0.39, 0.29) is 73.4 Å². The lowest BCUT2D eigenvalue weighted by atomic mass is 10.1. The van der Waals surface area contributed by atoms with Crippen LogP contribution in [0.25, 0.3) is 12.2 Å². The molecule has 0 saturated heterocycles. The summed E-state index contributed by atoms with van der Waals surface area (Å²) in [7, 11) is -30.6. The van der Waals surface area contributed by atoms with Crippen LogP contribution in [-0.4, -0.2) is 156 Å². The molecule has 84 heavy (non-hydrogen) atoms. The predicted octanol–water partition coefficient (Wildman–Crippen LogP) is 2.88. The van der Waals surface area contributed by atoms with Crippen LogP contribution in [0, 0.1) is 22.7 Å². The van der Waals surface area contributed by atoms with Crippen LogP contribution >= 0.6 is 0 Å². The van der Waals surface area contributed by atoms with Crippen molar-refractivity contribution in [3.05, 3.63) is 83.9 Å². The van der Waals surface area contributed by atoms with Gasteiger partial charge in [0.05, 0.1) is 58.4 Å². The summed E-state index contributed by atoms with van der Waals surface area (Å²) in [6.07, 6.45) is -0.494. The second kappa shape index (κ2) is 25.7. The van der Waals surface area contributed by atoms with Gasteiger partial charge in [0.15, 0.2) is 0 Å². The molecule has 2 heterocycles. The van der Waals surface area contributed by atoms with Crippen molar-refractivity contribution in [2.75, 3.05) is 57.2 Å². The number of nitrogens with one attached hydrogen (secondary N) is 4. The average Bonchev–Trinajstić information content (AvgIpc) is 1.96. The molecule has 6 rings (SSSR count). The Balaban J connectivity index is 1.40. The van der Waals surface area contributed by atoms with E-state index in [1.54, 1.807) is 0 Å². The molecule has 2 aromatic heterocycles. The van der Waals surface area contributed by atoms with Crippen LogP contribution in [0.15, 0.2) is 102 Å². The van der Waals surface area contributed by atoms with Crippen molar-refractivity contribution >= 4 is 131 Å². The number of anilines is 10. The van der Waals surface area contributed by atoms with Crippen LogP contribution in [0.5, 0.6) is 0 Å². The zero-order valence-corrected chi connectivity index (χ0v) is 47.8. The van der Waals surface area contributed by atoms with Crippen molar-refractivity contribution in [3.63, 3.8) is 0 Å². The Hall–Kier alpha value is -8.20. The predicted molar refractivity (Wildman–Crippen MR) is 295 cm³/mol. The van der Waals surface area contributed by atoms with Gasteiger partial charge in [0.1, 0.15) is 19.6 Å². The summed E-state index contributed by atoms with van der Waals surface area (Å²) in [5.74, 6) is -2.88. The highest BCUT2D eigenvalue weighted by Crippen LogP contribution is 2.33. The first-order valence-electron chi connectivity index (χ1n) is 23.2. The number of nitriles is 2. The maximum atomic E-state index is 12.9. The Morgan fingerprint density at radius 2 is 0.774 bits per heavy atom. The Morgan fingerprint density at radius 1 is 0.452 bits per heavy atom. The molecule has 0 saturated carbocycles. The molecule has 448 valence electrons. The highest BCUT2D eigenvalue weighted by atomic mass is 32.2. The molecule has 6 aromatic rings. The van der Waals surface area contributed by atoms with Crippen molar-refractivity contribution in [2.24, 2.45) is 0 Å². The minimum absolute atomic E-state index is 0.133. The average molecular weight is 1280 g/mol. The van der Waals surface area contributed by atoms with Gasteiger partial charge < -0.3 is 41.3 Å². The number of aromatic nitrogens is 6. The normalized spacial score (nSPS) is 13.1. The highest BCUT2D eigenvalue weighted by Gasteiger charge is 2.26. The lowest BCUT2D eigenvalue weighted by Gasteiger charge is -2.24. The smallest absolute Gasteiger partial charge is 0.296 e. The second-order valence-electron chi connectivity index (χ2n) is 17.5. The van der Waals surface area contributed by atoms with Gasteiger partial charge in [0.25, 0.3) is 60.7 Å². The van der Waals surface area contributed by atoms with Crippen LogP contribution in [0.4, 0.5) is 58.4 Å². The molecule has 40 heteroatoms. The first-order chi connectivity index (χ1) is 38.9. The molecule has 0 radical (unpaired) electrons. The van der Waals surface area contributed by atoms with Gasteiger partial charge in [0.2, 0.25) is 35.7 Å². The minimum atomic E-state index is -5.21. The number of hydrogen-bond donors (Lipinski definition) is 12. The van der Waals surface area contributed by atoms with Crippen LogP contribution in [0.1, 0.15) is 37.8 Å². The lowest BCUT2D eigenvalue weighted by molar-refractivity contribution is 0.199. The zero-order valence-electron chi connectivity index (χ0n) is 42.9. The van der Waals surface area contributed by atoms with Gasteiger partial charge in [-0.25, -0.2) is 0 Å². The number of aliphatic hydroxyl groups excluding tert-OH is 2. The number of nitrogens with zero attached hydrogens (tertiary/aromatic N) is 10. The number of aliphatic hydroxyl groups is 2. The van der Waals surface area contributed by atoms with Crippen molar-refractivity contribution in [2.45, 2.75) is 68.3 Å². The number of rotatable bonds is 26. The Morgan fingerprint density at radius 3 is 1.06 bits per heavy atom. The van der Waals surface area contributed by atoms with E-state index < -0.39 is 137 Å². The molecular weight excluding hydrogens is 1240 g/mol. The summed E-state index contributed by atoms with van der Waals surface area (Å²) in [6, 6.07) is 13.9. The summed E-state index contributed by atoms with van der Waals surface area (Å²) in [5.41, 5.74) is -2.47. The fourth-order valence-electron chi connectivity index (χ4n) is 7.40. The summed E-state index contributed by atoms with van der Waals surface area (Å²) >= 11 is 0. The van der Waals surface area contributed by atoms with E-state index in [9.17, 15) is 98.6 Å². The third-order valence-corrected chi connectivity index (χ3v) is 16.2. The SMILES string of the molecule is CC(O)CN(CCC#N)c1nc(Nc2ccc(/C=C/c3ccc(Nc4nc(Nc5cc(S(=O)(=O)O)ccc5S(=O)(=O)O)nc(N(CCC#N)CC(C)O)n4)cc3S(=O)(=O)O)c(S(=O)(=O)O)c2)nc(Nc2cc(S(=O)(=O)O)ccc2S(=O)(=O)O)n1. The van der Waals surface area contributed by atoms with Crippen LogP contribution in [0.2, 0.25) is 0 Å². The van der Waals surface area contributed by atoms with E-state index in [1.165, 1.54) is 35.8 Å². The third-order valence-electron chi connectivity index (χ3n) is 10.9. The first-order valence-corrected chi connectivity index (χ1v) is 31.9. The number of hydrogen-bond acceptors (Lipinski definition) is 28. The standard InChI is InChI=1S/C44H46N14O20S6/c1-25(59)23-57(17-3-15-45)43-53-39(51-41(55-43)49-33-21-31(79(61,62)63)11-13-35(33)81(67,68)69)47-29-9-7-27(37(19-29)83(73,74)75)5-6-28-8-10-30(20-38(28)84(76,77)78)48-40-52-42(56-44(54-40)58(18-4-16-46)24-26(2)60)50-34-22-32(80(64,65)66)12-14-36(34)82(70,71)72/h5-14,19-22,25-26,59-60H,3-4,17-18,23-24H2,1-2H3,(H,61,62,63)(H,64,65,66)(H,67,68,69)(H,70,71,72)(H,73,74,75)(H,76,77,78)(H2,47,49,51,53,55)(H2,48,50,52,54,56)/b6-5+. The first kappa shape index (κ1) is 65.0. The van der Waals surface area contributed by atoms with Gasteiger partial charge in [-0.2, -0.15) is 90.9 Å². The van der Waals surface area contributed by atoms with Crippen molar-refractivity contribution in [1.29, 1.82) is 10.5 Å². The largest absolute Gasteiger partial charge is 0.392 e. The van der Waals surface area contributed by atoms with Crippen LogP contribution < -0.4 is 31.1 Å². The summed E-state index contributed by atoms with van der Waals surface area (Å²) in [4.78, 5) is 22.5. The maximum Gasteiger partial charge on any atom is 0.296 e. The van der Waals surface area contributed by atoms with E-state index in [0.717, 1.165) is 36.4 Å². The summed E-state index contributed by atoms with van der Waals surface area (Å²) in [5, 5.41) is 49.3. The van der Waals surface area contributed by atoms with Gasteiger partial charge in [-0.15, -0.1) is 0 Å². The molecule has 0 spiro atoms. The Kier molecular flexibility index (Phi) is 19.9.